The Kier molecular flexibility index (Phi) is 10.8. The maximum atomic E-state index is 11.3. The van der Waals surface area contributed by atoms with Gasteiger partial charge in [0.25, 0.3) is 0 Å². The van der Waals surface area contributed by atoms with Crippen LogP contribution in [0.25, 0.3) is 0 Å². The highest BCUT2D eigenvalue weighted by molar-refractivity contribution is 9.11. The number of rotatable bonds is 4. The number of carbonyl (C=O) groups excluding carboxylic acids is 2. The summed E-state index contributed by atoms with van der Waals surface area (Å²) >= 11 is 9.91. The third-order valence-electron chi connectivity index (χ3n) is 2.87. The molecule has 30 heavy (non-hydrogen) atoms. The van der Waals surface area contributed by atoms with Crippen molar-refractivity contribution in [3.8, 4) is 0 Å². The molecule has 2 amide bonds. The molecule has 2 aromatic rings. The van der Waals surface area contributed by atoms with E-state index in [0.29, 0.717) is 13.1 Å². The molecular formula is C20H28Br2N2O4S2. The van der Waals surface area contributed by atoms with Gasteiger partial charge in [-0.25, -0.2) is 9.59 Å². The van der Waals surface area contributed by atoms with Crippen LogP contribution in [0.5, 0.6) is 0 Å². The molecular weight excluding hydrogens is 556 g/mol. The Bertz CT molecular complexity index is 755. The van der Waals surface area contributed by atoms with E-state index in [-0.39, 0.29) is 12.2 Å². The van der Waals surface area contributed by atoms with Gasteiger partial charge in [0.2, 0.25) is 0 Å². The zero-order valence-corrected chi connectivity index (χ0v) is 22.7. The van der Waals surface area contributed by atoms with Crippen molar-refractivity contribution in [1.82, 2.24) is 10.6 Å². The Labute approximate surface area is 203 Å². The van der Waals surface area contributed by atoms with Crippen LogP contribution in [-0.4, -0.2) is 23.4 Å². The molecule has 0 bridgehead atoms. The zero-order chi connectivity index (χ0) is 22.9. The lowest BCUT2D eigenvalue weighted by Crippen LogP contribution is -2.31. The van der Waals surface area contributed by atoms with Gasteiger partial charge in [-0.1, -0.05) is 0 Å². The Morgan fingerprint density at radius 1 is 0.767 bits per heavy atom. The number of hydrogen-bond donors (Lipinski definition) is 2. The second kappa shape index (κ2) is 12.1. The van der Waals surface area contributed by atoms with E-state index in [1.54, 1.807) is 22.7 Å². The fraction of sp³-hybridized carbons (Fsp3) is 0.500. The normalized spacial score (nSPS) is 11.2. The van der Waals surface area contributed by atoms with Crippen LogP contribution >= 0.6 is 54.5 Å². The Balaban J connectivity index is 0.000000300. The topological polar surface area (TPSA) is 76.7 Å². The average Bonchev–Trinajstić information content (AvgIpc) is 3.17. The van der Waals surface area contributed by atoms with Crippen molar-refractivity contribution in [2.75, 3.05) is 0 Å². The van der Waals surface area contributed by atoms with Gasteiger partial charge in [0, 0.05) is 9.75 Å². The Morgan fingerprint density at radius 2 is 1.10 bits per heavy atom. The number of carbonyl (C=O) groups is 2. The van der Waals surface area contributed by atoms with Crippen LogP contribution < -0.4 is 10.6 Å². The number of nitrogens with one attached hydrogen (secondary N) is 2. The number of amides is 2. The van der Waals surface area contributed by atoms with Crippen LogP contribution in [0, 0.1) is 0 Å². The summed E-state index contributed by atoms with van der Waals surface area (Å²) in [6.07, 6.45) is -0.765. The predicted molar refractivity (Wildman–Crippen MR) is 130 cm³/mol. The maximum absolute atomic E-state index is 11.3. The summed E-state index contributed by atoms with van der Waals surface area (Å²) in [7, 11) is 0. The second-order valence-electron chi connectivity index (χ2n) is 8.12. The molecule has 0 spiro atoms. The predicted octanol–water partition coefficient (Wildman–Crippen LogP) is 7.07. The largest absolute Gasteiger partial charge is 0.444 e. The summed E-state index contributed by atoms with van der Waals surface area (Å²) in [5.74, 6) is 0. The minimum absolute atomic E-state index is 0.382. The van der Waals surface area contributed by atoms with Gasteiger partial charge in [0.1, 0.15) is 11.2 Å². The first-order chi connectivity index (χ1) is 13.7. The molecule has 2 rings (SSSR count). The van der Waals surface area contributed by atoms with Gasteiger partial charge in [0.15, 0.2) is 0 Å². The molecule has 0 aliphatic carbocycles. The van der Waals surface area contributed by atoms with Gasteiger partial charge >= 0.3 is 12.2 Å². The highest BCUT2D eigenvalue weighted by Crippen LogP contribution is 2.22. The molecule has 0 unspecified atom stereocenters. The van der Waals surface area contributed by atoms with Crippen molar-refractivity contribution in [2.45, 2.75) is 65.8 Å². The molecule has 0 saturated heterocycles. The van der Waals surface area contributed by atoms with E-state index in [0.717, 1.165) is 17.3 Å². The number of halogens is 2. The SMILES string of the molecule is CC(C)(C)OC(=O)NCc1ccc(Br)s1.CC(C)(C)OC(=O)NCc1ccc(Br)s1. The highest BCUT2D eigenvalue weighted by Gasteiger charge is 2.16. The number of thiophene rings is 2. The zero-order valence-electron chi connectivity index (χ0n) is 17.9. The summed E-state index contributed by atoms with van der Waals surface area (Å²) < 4.78 is 12.3. The molecule has 168 valence electrons. The lowest BCUT2D eigenvalue weighted by Gasteiger charge is -2.19. The Hall–Kier alpha value is -1.10. The number of hydrogen-bond acceptors (Lipinski definition) is 6. The van der Waals surface area contributed by atoms with E-state index >= 15 is 0 Å². The highest BCUT2D eigenvalue weighted by atomic mass is 79.9. The number of ether oxygens (including phenoxy) is 2. The van der Waals surface area contributed by atoms with E-state index in [1.807, 2.05) is 65.8 Å². The minimum Gasteiger partial charge on any atom is -0.444 e. The van der Waals surface area contributed by atoms with Crippen LogP contribution in [0.3, 0.4) is 0 Å². The molecule has 2 heterocycles. The first kappa shape index (κ1) is 26.9. The third kappa shape index (κ3) is 13.3. The molecule has 0 atom stereocenters. The molecule has 2 aromatic heterocycles. The van der Waals surface area contributed by atoms with Crippen molar-refractivity contribution in [1.29, 1.82) is 0 Å². The van der Waals surface area contributed by atoms with Crippen LogP contribution in [0.4, 0.5) is 9.59 Å². The molecule has 0 aliphatic rings. The molecule has 0 aromatic carbocycles. The monoisotopic (exact) mass is 582 g/mol. The lowest BCUT2D eigenvalue weighted by molar-refractivity contribution is 0.0512. The van der Waals surface area contributed by atoms with Crippen LogP contribution in [-0.2, 0) is 22.6 Å². The van der Waals surface area contributed by atoms with E-state index in [4.69, 9.17) is 9.47 Å². The molecule has 10 heteroatoms. The fourth-order valence-corrected chi connectivity index (χ4v) is 4.69. The molecule has 0 radical (unpaired) electrons. The standard InChI is InChI=1S/2C10H14BrNO2S/c2*1-10(2,3)14-9(13)12-6-7-4-5-8(11)15-7/h2*4-5H,6H2,1-3H3,(H,12,13). The van der Waals surface area contributed by atoms with Gasteiger partial charge in [-0.05, 0) is 97.7 Å². The first-order valence-electron chi connectivity index (χ1n) is 9.15. The lowest BCUT2D eigenvalue weighted by atomic mass is 10.2. The summed E-state index contributed by atoms with van der Waals surface area (Å²) in [5.41, 5.74) is -0.889. The number of alkyl carbamates (subject to hydrolysis) is 2. The smallest absolute Gasteiger partial charge is 0.407 e. The molecule has 0 fully saturated rings. The van der Waals surface area contributed by atoms with Gasteiger partial charge < -0.3 is 20.1 Å². The van der Waals surface area contributed by atoms with E-state index in [9.17, 15) is 9.59 Å². The van der Waals surface area contributed by atoms with E-state index in [1.165, 1.54) is 0 Å². The average molecular weight is 584 g/mol. The first-order valence-corrected chi connectivity index (χ1v) is 12.4. The summed E-state index contributed by atoms with van der Waals surface area (Å²) in [6, 6.07) is 7.84. The van der Waals surface area contributed by atoms with E-state index in [2.05, 4.69) is 42.5 Å². The Morgan fingerprint density at radius 3 is 1.33 bits per heavy atom. The van der Waals surface area contributed by atoms with Gasteiger partial charge in [-0.15, -0.1) is 22.7 Å². The third-order valence-corrected chi connectivity index (χ3v) is 6.12. The van der Waals surface area contributed by atoms with Crippen LogP contribution in [0.15, 0.2) is 31.8 Å². The molecule has 0 aliphatic heterocycles. The van der Waals surface area contributed by atoms with Gasteiger partial charge in [0.05, 0.1) is 20.7 Å². The van der Waals surface area contributed by atoms with Crippen molar-refractivity contribution in [2.24, 2.45) is 0 Å². The van der Waals surface area contributed by atoms with Crippen molar-refractivity contribution >= 4 is 66.7 Å². The molecule has 2 N–H and O–H groups in total. The molecule has 0 saturated carbocycles. The van der Waals surface area contributed by atoms with E-state index < -0.39 is 11.2 Å². The fourth-order valence-electron chi connectivity index (χ4n) is 1.84. The minimum atomic E-state index is -0.444. The summed E-state index contributed by atoms with van der Waals surface area (Å²) in [4.78, 5) is 24.8. The molecule has 6 nitrogen and oxygen atoms in total. The van der Waals surface area contributed by atoms with Gasteiger partial charge in [-0.2, -0.15) is 0 Å². The van der Waals surface area contributed by atoms with Crippen LogP contribution in [0.2, 0.25) is 0 Å². The van der Waals surface area contributed by atoms with Crippen molar-refractivity contribution < 1.29 is 19.1 Å². The summed E-state index contributed by atoms with van der Waals surface area (Å²) in [6.45, 7) is 12.1. The second-order valence-corrected chi connectivity index (χ2v) is 13.2. The quantitative estimate of drug-likeness (QED) is 0.403. The van der Waals surface area contributed by atoms with Crippen molar-refractivity contribution in [3.63, 3.8) is 0 Å². The van der Waals surface area contributed by atoms with Crippen LogP contribution in [0.1, 0.15) is 51.3 Å². The summed E-state index contributed by atoms with van der Waals surface area (Å²) in [5, 5.41) is 5.39. The maximum Gasteiger partial charge on any atom is 0.407 e. The van der Waals surface area contributed by atoms with Gasteiger partial charge in [-0.3, -0.25) is 0 Å². The van der Waals surface area contributed by atoms with Crippen molar-refractivity contribution in [3.05, 3.63) is 41.6 Å².